The van der Waals surface area contributed by atoms with E-state index >= 15 is 0 Å². The Morgan fingerprint density at radius 1 is 1.15 bits per heavy atom. The minimum atomic E-state index is -0.318. The zero-order chi connectivity index (χ0) is 22.9. The van der Waals surface area contributed by atoms with Gasteiger partial charge in [-0.3, -0.25) is 4.79 Å². The molecule has 8 heteroatoms. The van der Waals surface area contributed by atoms with Crippen LogP contribution >= 0.6 is 11.6 Å². The molecule has 2 saturated heterocycles. The van der Waals surface area contributed by atoms with Crippen molar-refractivity contribution in [1.29, 1.82) is 0 Å². The van der Waals surface area contributed by atoms with Gasteiger partial charge in [0.15, 0.2) is 0 Å². The number of piperazine rings is 1. The Bertz CT molecular complexity index is 1150. The molecule has 0 unspecified atom stereocenters. The summed E-state index contributed by atoms with van der Waals surface area (Å²) < 4.78 is 16.5. The monoisotopic (exact) mass is 469 g/mol. The first kappa shape index (κ1) is 22.2. The quantitative estimate of drug-likeness (QED) is 0.621. The van der Waals surface area contributed by atoms with Crippen LogP contribution < -0.4 is 10.2 Å². The van der Waals surface area contributed by atoms with Crippen molar-refractivity contribution in [2.45, 2.75) is 38.3 Å². The molecular weight excluding hydrogens is 441 g/mol. The second kappa shape index (κ2) is 9.31. The van der Waals surface area contributed by atoms with E-state index in [-0.39, 0.29) is 23.8 Å². The molecule has 3 aromatic rings. The average Bonchev–Trinajstić information content (AvgIpc) is 3.27. The molecule has 2 fully saturated rings. The number of aromatic nitrogens is 2. The Kier molecular flexibility index (Phi) is 6.25. The molecule has 3 heterocycles. The van der Waals surface area contributed by atoms with Gasteiger partial charge in [-0.25, -0.2) is 9.37 Å². The van der Waals surface area contributed by atoms with E-state index in [9.17, 15) is 9.18 Å². The fraction of sp³-hybridized carbons (Fsp3) is 0.440. The maximum Gasteiger partial charge on any atom is 0.239 e. The van der Waals surface area contributed by atoms with Gasteiger partial charge >= 0.3 is 0 Å². The molecule has 0 aliphatic carbocycles. The molecule has 174 valence electrons. The molecule has 0 saturated carbocycles. The first-order valence-corrected chi connectivity index (χ1v) is 12.1. The molecule has 2 aromatic carbocycles. The number of imidazole rings is 1. The van der Waals surface area contributed by atoms with E-state index in [0.29, 0.717) is 10.6 Å². The number of rotatable bonds is 4. The molecule has 33 heavy (non-hydrogen) atoms. The molecule has 1 amide bonds. The average molecular weight is 470 g/mol. The summed E-state index contributed by atoms with van der Waals surface area (Å²) in [5, 5.41) is 3.75. The molecule has 1 aromatic heterocycles. The van der Waals surface area contributed by atoms with E-state index in [1.165, 1.54) is 6.07 Å². The third kappa shape index (κ3) is 4.44. The molecular formula is C25H29ClFN5O. The highest BCUT2D eigenvalue weighted by Crippen LogP contribution is 2.29. The Morgan fingerprint density at radius 2 is 1.97 bits per heavy atom. The third-order valence-electron chi connectivity index (χ3n) is 6.95. The smallest absolute Gasteiger partial charge is 0.239 e. The van der Waals surface area contributed by atoms with Crippen LogP contribution in [0.25, 0.3) is 11.0 Å². The number of hydrogen-bond acceptors (Lipinski definition) is 4. The SMILES string of the molecule is C[C@H](c1ccc(Cl)cc1F)n1cnc2ccc(N3CCN(C(=O)[C@H]4CCCCN4)CC3)cc21. The Labute approximate surface area is 198 Å². The summed E-state index contributed by atoms with van der Waals surface area (Å²) >= 11 is 5.93. The predicted octanol–water partition coefficient (Wildman–Crippen LogP) is 4.23. The number of carbonyl (C=O) groups is 1. The van der Waals surface area contributed by atoms with E-state index in [4.69, 9.17) is 11.6 Å². The summed E-state index contributed by atoms with van der Waals surface area (Å²) in [6, 6.07) is 10.8. The van der Waals surface area contributed by atoms with Gasteiger partial charge in [-0.05, 0) is 56.6 Å². The predicted molar refractivity (Wildman–Crippen MR) is 129 cm³/mol. The lowest BCUT2D eigenvalue weighted by molar-refractivity contribution is -0.134. The summed E-state index contributed by atoms with van der Waals surface area (Å²) in [4.78, 5) is 21.7. The molecule has 0 spiro atoms. The molecule has 2 aliphatic rings. The minimum Gasteiger partial charge on any atom is -0.368 e. The van der Waals surface area contributed by atoms with Crippen LogP contribution in [0, 0.1) is 5.82 Å². The number of amides is 1. The maximum atomic E-state index is 14.5. The Balaban J connectivity index is 1.32. The minimum absolute atomic E-state index is 0.0225. The lowest BCUT2D eigenvalue weighted by atomic mass is 10.0. The number of benzene rings is 2. The Hall–Kier alpha value is -2.64. The van der Waals surface area contributed by atoms with Gasteiger partial charge in [0, 0.05) is 42.5 Å². The molecule has 2 aliphatic heterocycles. The summed E-state index contributed by atoms with van der Waals surface area (Å²) in [5.74, 6) is -0.0806. The first-order valence-electron chi connectivity index (χ1n) is 11.7. The highest BCUT2D eigenvalue weighted by molar-refractivity contribution is 6.30. The summed E-state index contributed by atoms with van der Waals surface area (Å²) in [6.07, 6.45) is 4.97. The van der Waals surface area contributed by atoms with E-state index in [0.717, 1.165) is 68.7 Å². The fourth-order valence-electron chi connectivity index (χ4n) is 4.98. The summed E-state index contributed by atoms with van der Waals surface area (Å²) in [7, 11) is 0. The zero-order valence-corrected chi connectivity index (χ0v) is 19.6. The first-order chi connectivity index (χ1) is 16.0. The second-order valence-corrected chi connectivity index (χ2v) is 9.42. The largest absolute Gasteiger partial charge is 0.368 e. The van der Waals surface area contributed by atoms with Crippen LogP contribution in [0.2, 0.25) is 5.02 Å². The van der Waals surface area contributed by atoms with Crippen LogP contribution in [0.1, 0.15) is 37.8 Å². The Morgan fingerprint density at radius 3 is 2.70 bits per heavy atom. The molecule has 6 nitrogen and oxygen atoms in total. The number of nitrogens with zero attached hydrogens (tertiary/aromatic N) is 4. The van der Waals surface area contributed by atoms with Gasteiger partial charge in [0.2, 0.25) is 5.91 Å². The number of nitrogens with one attached hydrogen (secondary N) is 1. The third-order valence-corrected chi connectivity index (χ3v) is 7.19. The van der Waals surface area contributed by atoms with E-state index in [1.807, 2.05) is 22.5 Å². The summed E-state index contributed by atoms with van der Waals surface area (Å²) in [5.41, 5.74) is 3.50. The van der Waals surface area contributed by atoms with Gasteiger partial charge < -0.3 is 19.7 Å². The van der Waals surface area contributed by atoms with Gasteiger partial charge in [-0.2, -0.15) is 0 Å². The number of hydrogen-bond donors (Lipinski definition) is 1. The highest BCUT2D eigenvalue weighted by atomic mass is 35.5. The van der Waals surface area contributed by atoms with Gasteiger partial charge in [-0.15, -0.1) is 0 Å². The van der Waals surface area contributed by atoms with Gasteiger partial charge in [0.1, 0.15) is 5.82 Å². The highest BCUT2D eigenvalue weighted by Gasteiger charge is 2.28. The van der Waals surface area contributed by atoms with Crippen molar-refractivity contribution in [2.24, 2.45) is 0 Å². The van der Waals surface area contributed by atoms with Crippen molar-refractivity contribution in [3.05, 3.63) is 59.1 Å². The standard InChI is InChI=1S/C25H29ClFN5O/c1-17(20-7-5-18(26)14-21(20)27)32-16-29-22-8-6-19(15-24(22)32)30-10-12-31(13-11-30)25(33)23-4-2-3-9-28-23/h5-8,14-17,23,28H,2-4,9-13H2,1H3/t17-,23-/m1/s1. The second-order valence-electron chi connectivity index (χ2n) is 8.98. The van der Waals surface area contributed by atoms with Crippen molar-refractivity contribution in [3.63, 3.8) is 0 Å². The number of piperidine rings is 1. The number of carbonyl (C=O) groups excluding carboxylic acids is 1. The van der Waals surface area contributed by atoms with Crippen molar-refractivity contribution in [3.8, 4) is 0 Å². The van der Waals surface area contributed by atoms with Gasteiger partial charge in [0.25, 0.3) is 0 Å². The van der Waals surface area contributed by atoms with Gasteiger partial charge in [-0.1, -0.05) is 24.1 Å². The van der Waals surface area contributed by atoms with Crippen molar-refractivity contribution < 1.29 is 9.18 Å². The lowest BCUT2D eigenvalue weighted by Crippen LogP contribution is -2.55. The summed E-state index contributed by atoms with van der Waals surface area (Å²) in [6.45, 7) is 5.92. The van der Waals surface area contributed by atoms with Crippen LogP contribution in [0.5, 0.6) is 0 Å². The zero-order valence-electron chi connectivity index (χ0n) is 18.8. The van der Waals surface area contributed by atoms with Crippen LogP contribution in [0.15, 0.2) is 42.7 Å². The molecule has 1 N–H and O–H groups in total. The van der Waals surface area contributed by atoms with Crippen LogP contribution in [0.3, 0.4) is 0 Å². The van der Waals surface area contributed by atoms with Crippen molar-refractivity contribution in [2.75, 3.05) is 37.6 Å². The molecule has 0 bridgehead atoms. The van der Waals surface area contributed by atoms with Gasteiger partial charge in [0.05, 0.1) is 29.4 Å². The maximum absolute atomic E-state index is 14.5. The number of halogens is 2. The normalized spacial score (nSPS) is 20.3. The van der Waals surface area contributed by atoms with E-state index < -0.39 is 0 Å². The van der Waals surface area contributed by atoms with Crippen LogP contribution in [0.4, 0.5) is 10.1 Å². The topological polar surface area (TPSA) is 53.4 Å². The number of anilines is 1. The molecule has 2 atom stereocenters. The fourth-order valence-corrected chi connectivity index (χ4v) is 5.14. The van der Waals surface area contributed by atoms with E-state index in [2.05, 4.69) is 27.3 Å². The van der Waals surface area contributed by atoms with Crippen LogP contribution in [-0.2, 0) is 4.79 Å². The molecule has 0 radical (unpaired) electrons. The molecule has 5 rings (SSSR count). The van der Waals surface area contributed by atoms with E-state index in [1.54, 1.807) is 18.5 Å². The van der Waals surface area contributed by atoms with Crippen LogP contribution in [-0.4, -0.2) is 59.1 Å². The van der Waals surface area contributed by atoms with Crippen molar-refractivity contribution >= 4 is 34.2 Å². The van der Waals surface area contributed by atoms with Crippen molar-refractivity contribution in [1.82, 2.24) is 19.8 Å². The number of fused-ring (bicyclic) bond motifs is 1. The lowest BCUT2D eigenvalue weighted by Gasteiger charge is -2.38.